The molecule has 0 saturated heterocycles. The molecule has 0 fully saturated rings. The first-order valence-corrected chi connectivity index (χ1v) is 8.14. The number of amides is 1. The number of ether oxygens (including phenoxy) is 1. The fourth-order valence-corrected chi connectivity index (χ4v) is 2.91. The smallest absolute Gasteiger partial charge is 0.243 e. The van der Waals surface area contributed by atoms with E-state index in [-0.39, 0.29) is 18.1 Å². The van der Waals surface area contributed by atoms with Gasteiger partial charge in [0.15, 0.2) is 0 Å². The van der Waals surface area contributed by atoms with Gasteiger partial charge in [0, 0.05) is 13.1 Å². The molecule has 0 bridgehead atoms. The number of rotatable bonds is 10. The molecule has 0 radical (unpaired) electrons. The minimum atomic E-state index is -3.54. The minimum Gasteiger partial charge on any atom is -0.382 e. The fraction of sp³-hybridized carbons (Fsp3) is 0.462. The minimum absolute atomic E-state index is 0.153. The Morgan fingerprint density at radius 2 is 2.00 bits per heavy atom. The summed E-state index contributed by atoms with van der Waals surface area (Å²) in [6.45, 7) is 2.74. The van der Waals surface area contributed by atoms with Crippen LogP contribution in [0.1, 0.15) is 13.3 Å². The second-order valence-electron chi connectivity index (χ2n) is 4.34. The zero-order chi connectivity index (χ0) is 15.7. The Labute approximate surface area is 124 Å². The van der Waals surface area contributed by atoms with E-state index in [0.717, 1.165) is 6.42 Å². The van der Waals surface area contributed by atoms with Crippen molar-refractivity contribution in [2.75, 3.05) is 31.6 Å². The molecule has 0 aliphatic carbocycles. The molecule has 0 saturated carbocycles. The number of hydrogen-bond acceptors (Lipinski definition) is 5. The van der Waals surface area contributed by atoms with Gasteiger partial charge in [-0.15, -0.1) is 0 Å². The van der Waals surface area contributed by atoms with Crippen molar-refractivity contribution < 1.29 is 17.9 Å². The van der Waals surface area contributed by atoms with E-state index in [4.69, 9.17) is 10.5 Å². The predicted octanol–water partition coefficient (Wildman–Crippen LogP) is 0.289. The van der Waals surface area contributed by atoms with Crippen LogP contribution >= 0.6 is 0 Å². The van der Waals surface area contributed by atoms with Crippen molar-refractivity contribution in [1.29, 1.82) is 0 Å². The summed E-state index contributed by atoms with van der Waals surface area (Å²) in [6.07, 6.45) is 0.718. The highest BCUT2D eigenvalue weighted by molar-refractivity contribution is 7.89. The Morgan fingerprint density at radius 3 is 2.67 bits per heavy atom. The predicted molar refractivity (Wildman–Crippen MR) is 80.4 cm³/mol. The van der Waals surface area contributed by atoms with Crippen LogP contribution in [0.5, 0.6) is 0 Å². The van der Waals surface area contributed by atoms with Gasteiger partial charge in [0.1, 0.15) is 11.5 Å². The normalized spacial score (nSPS) is 11.3. The summed E-state index contributed by atoms with van der Waals surface area (Å²) in [5.41, 5.74) is 5.43. The highest BCUT2D eigenvalue weighted by Crippen LogP contribution is 2.20. The molecule has 1 rings (SSSR count). The maximum atomic E-state index is 12.1. The summed E-state index contributed by atoms with van der Waals surface area (Å²) in [5.74, 6) is -0.540. The van der Waals surface area contributed by atoms with Crippen LogP contribution in [-0.4, -0.2) is 40.6 Å². The number of sulfonamides is 1. The number of carbonyl (C=O) groups excluding carboxylic acids is 1. The van der Waals surface area contributed by atoms with Gasteiger partial charge in [-0.05, 0) is 18.6 Å². The van der Waals surface area contributed by atoms with Crippen molar-refractivity contribution in [3.8, 4) is 0 Å². The van der Waals surface area contributed by atoms with Crippen molar-refractivity contribution in [3.63, 3.8) is 0 Å². The van der Waals surface area contributed by atoms with E-state index in [9.17, 15) is 13.2 Å². The van der Waals surface area contributed by atoms with E-state index >= 15 is 0 Å². The van der Waals surface area contributed by atoms with Gasteiger partial charge in [0.2, 0.25) is 15.9 Å². The van der Waals surface area contributed by atoms with E-state index in [1.165, 1.54) is 6.07 Å². The molecule has 7 nitrogen and oxygen atoms in total. The van der Waals surface area contributed by atoms with Gasteiger partial charge in [0.05, 0.1) is 12.3 Å². The molecule has 1 aromatic rings. The summed E-state index contributed by atoms with van der Waals surface area (Å²) in [6, 6.07) is 6.61. The second kappa shape index (κ2) is 8.60. The molecular weight excluding hydrogens is 294 g/mol. The van der Waals surface area contributed by atoms with Crippen molar-refractivity contribution in [3.05, 3.63) is 24.3 Å². The number of para-hydroxylation sites is 1. The summed E-state index contributed by atoms with van der Waals surface area (Å²) < 4.78 is 31.8. The number of anilines is 1. The number of nitrogens with two attached hydrogens (primary N) is 1. The molecule has 8 heteroatoms. The molecule has 0 spiro atoms. The SMILES string of the molecule is CCCNS(=O)(=O)c1ccccc1NCCOCC(N)=O. The van der Waals surface area contributed by atoms with E-state index < -0.39 is 15.9 Å². The first-order chi connectivity index (χ1) is 9.97. The van der Waals surface area contributed by atoms with Crippen molar-refractivity contribution in [1.82, 2.24) is 4.72 Å². The van der Waals surface area contributed by atoms with E-state index in [1.54, 1.807) is 18.2 Å². The Hall–Kier alpha value is -1.64. The zero-order valence-corrected chi connectivity index (χ0v) is 12.8. The number of nitrogens with one attached hydrogen (secondary N) is 2. The molecule has 0 heterocycles. The maximum absolute atomic E-state index is 12.1. The van der Waals surface area contributed by atoms with E-state index in [1.807, 2.05) is 6.92 Å². The Balaban J connectivity index is 2.65. The summed E-state index contributed by atoms with van der Waals surface area (Å²) in [7, 11) is -3.54. The zero-order valence-electron chi connectivity index (χ0n) is 12.0. The molecule has 0 aromatic heterocycles. The van der Waals surface area contributed by atoms with Crippen molar-refractivity contribution in [2.24, 2.45) is 5.73 Å². The topological polar surface area (TPSA) is 111 Å². The lowest BCUT2D eigenvalue weighted by Crippen LogP contribution is -2.26. The van der Waals surface area contributed by atoms with Crippen molar-refractivity contribution in [2.45, 2.75) is 18.2 Å². The number of hydrogen-bond donors (Lipinski definition) is 3. The largest absolute Gasteiger partial charge is 0.382 e. The molecule has 0 unspecified atom stereocenters. The summed E-state index contributed by atoms with van der Waals surface area (Å²) >= 11 is 0. The lowest BCUT2D eigenvalue weighted by molar-refractivity contribution is -0.122. The highest BCUT2D eigenvalue weighted by atomic mass is 32.2. The highest BCUT2D eigenvalue weighted by Gasteiger charge is 2.16. The summed E-state index contributed by atoms with van der Waals surface area (Å²) in [5, 5.41) is 2.97. The quantitative estimate of drug-likeness (QED) is 0.537. The van der Waals surface area contributed by atoms with Gasteiger partial charge < -0.3 is 15.8 Å². The molecular formula is C13H21N3O4S. The average Bonchev–Trinajstić information content (AvgIpc) is 2.45. The van der Waals surface area contributed by atoms with Gasteiger partial charge in [-0.2, -0.15) is 0 Å². The third-order valence-corrected chi connectivity index (χ3v) is 4.04. The molecule has 1 aromatic carbocycles. The Bertz CT molecular complexity index is 560. The first kappa shape index (κ1) is 17.4. The van der Waals surface area contributed by atoms with Crippen molar-refractivity contribution >= 4 is 21.6 Å². The van der Waals surface area contributed by atoms with Crippen LogP contribution in [0.4, 0.5) is 5.69 Å². The maximum Gasteiger partial charge on any atom is 0.243 e. The molecule has 1 amide bonds. The fourth-order valence-electron chi connectivity index (χ4n) is 1.59. The van der Waals surface area contributed by atoms with Gasteiger partial charge in [-0.1, -0.05) is 19.1 Å². The van der Waals surface area contributed by atoms with E-state index in [0.29, 0.717) is 18.8 Å². The van der Waals surface area contributed by atoms with Crippen LogP contribution in [0.15, 0.2) is 29.2 Å². The standard InChI is InChI=1S/C13H21N3O4S/c1-2-7-16-21(18,19)12-6-4-3-5-11(12)15-8-9-20-10-13(14)17/h3-6,15-16H,2,7-10H2,1H3,(H2,14,17). The van der Waals surface area contributed by atoms with Crippen LogP contribution in [0.2, 0.25) is 0 Å². The van der Waals surface area contributed by atoms with Crippen LogP contribution in [0.3, 0.4) is 0 Å². The van der Waals surface area contributed by atoms with Crippen LogP contribution in [-0.2, 0) is 19.6 Å². The van der Waals surface area contributed by atoms with Gasteiger partial charge in [-0.25, -0.2) is 13.1 Å². The molecule has 4 N–H and O–H groups in total. The van der Waals surface area contributed by atoms with Gasteiger partial charge in [0.25, 0.3) is 0 Å². The van der Waals surface area contributed by atoms with Gasteiger partial charge >= 0.3 is 0 Å². The number of benzene rings is 1. The Morgan fingerprint density at radius 1 is 1.29 bits per heavy atom. The van der Waals surface area contributed by atoms with Gasteiger partial charge in [-0.3, -0.25) is 4.79 Å². The Kier molecular flexibility index (Phi) is 7.13. The molecule has 0 aliphatic rings. The number of primary amides is 1. The van der Waals surface area contributed by atoms with E-state index in [2.05, 4.69) is 10.0 Å². The van der Waals surface area contributed by atoms with Crippen LogP contribution in [0.25, 0.3) is 0 Å². The van der Waals surface area contributed by atoms with Crippen LogP contribution in [0, 0.1) is 0 Å². The molecule has 0 aliphatic heterocycles. The number of carbonyl (C=O) groups is 1. The molecule has 21 heavy (non-hydrogen) atoms. The third kappa shape index (κ3) is 6.11. The molecule has 0 atom stereocenters. The second-order valence-corrected chi connectivity index (χ2v) is 6.07. The lowest BCUT2D eigenvalue weighted by atomic mass is 10.3. The average molecular weight is 315 g/mol. The molecule has 118 valence electrons. The monoisotopic (exact) mass is 315 g/mol. The summed E-state index contributed by atoms with van der Waals surface area (Å²) in [4.78, 5) is 10.7. The third-order valence-electron chi connectivity index (χ3n) is 2.52. The lowest BCUT2D eigenvalue weighted by Gasteiger charge is -2.13. The van der Waals surface area contributed by atoms with Crippen LogP contribution < -0.4 is 15.8 Å². The first-order valence-electron chi connectivity index (χ1n) is 6.66.